The minimum absolute atomic E-state index is 0.210. The van der Waals surface area contributed by atoms with Gasteiger partial charge in [-0.2, -0.15) is 4.98 Å². The standard InChI is InChI=1S/C14H25N3O/c1-8-14(5,6)18-13-10(4)12(15-7)16-11(17-13)9(2)3/h9H,8H2,1-7H3,(H,15,16,17). The molecule has 4 heteroatoms. The second-order valence-electron chi connectivity index (χ2n) is 5.48. The molecular formula is C14H25N3O. The van der Waals surface area contributed by atoms with Gasteiger partial charge in [0.1, 0.15) is 17.2 Å². The molecule has 0 spiro atoms. The fourth-order valence-corrected chi connectivity index (χ4v) is 1.45. The maximum atomic E-state index is 6.02. The van der Waals surface area contributed by atoms with E-state index in [1.807, 2.05) is 14.0 Å². The van der Waals surface area contributed by atoms with Crippen molar-refractivity contribution in [3.63, 3.8) is 0 Å². The van der Waals surface area contributed by atoms with E-state index >= 15 is 0 Å². The summed E-state index contributed by atoms with van der Waals surface area (Å²) < 4.78 is 6.02. The molecule has 0 radical (unpaired) electrons. The first-order valence-corrected chi connectivity index (χ1v) is 6.56. The number of hydrogen-bond donors (Lipinski definition) is 1. The highest BCUT2D eigenvalue weighted by Gasteiger charge is 2.21. The fourth-order valence-electron chi connectivity index (χ4n) is 1.45. The minimum atomic E-state index is -0.210. The zero-order valence-corrected chi connectivity index (χ0v) is 12.6. The molecule has 1 N–H and O–H groups in total. The van der Waals surface area contributed by atoms with E-state index in [2.05, 4.69) is 49.9 Å². The van der Waals surface area contributed by atoms with Crippen LogP contribution >= 0.6 is 0 Å². The Labute approximate surface area is 110 Å². The van der Waals surface area contributed by atoms with Crippen LogP contribution in [0.1, 0.15) is 58.3 Å². The first-order valence-electron chi connectivity index (χ1n) is 6.56. The smallest absolute Gasteiger partial charge is 0.222 e. The largest absolute Gasteiger partial charge is 0.471 e. The highest BCUT2D eigenvalue weighted by molar-refractivity contribution is 5.48. The maximum absolute atomic E-state index is 6.02. The lowest BCUT2D eigenvalue weighted by Crippen LogP contribution is -2.28. The number of aromatic nitrogens is 2. The number of anilines is 1. The molecule has 0 aliphatic carbocycles. The van der Waals surface area contributed by atoms with Gasteiger partial charge in [-0.25, -0.2) is 4.98 Å². The summed E-state index contributed by atoms with van der Waals surface area (Å²) in [5.74, 6) is 2.62. The summed E-state index contributed by atoms with van der Waals surface area (Å²) in [4.78, 5) is 9.04. The van der Waals surface area contributed by atoms with Gasteiger partial charge < -0.3 is 10.1 Å². The highest BCUT2D eigenvalue weighted by atomic mass is 16.5. The van der Waals surface area contributed by atoms with Crippen molar-refractivity contribution in [3.05, 3.63) is 11.4 Å². The van der Waals surface area contributed by atoms with E-state index in [1.165, 1.54) is 0 Å². The molecule has 102 valence electrons. The number of ether oxygens (including phenoxy) is 1. The number of rotatable bonds is 5. The van der Waals surface area contributed by atoms with E-state index in [1.54, 1.807) is 0 Å². The van der Waals surface area contributed by atoms with Gasteiger partial charge in [0, 0.05) is 13.0 Å². The van der Waals surface area contributed by atoms with Gasteiger partial charge in [0.05, 0.1) is 5.56 Å². The Morgan fingerprint density at radius 1 is 1.28 bits per heavy atom. The van der Waals surface area contributed by atoms with Crippen molar-refractivity contribution in [1.29, 1.82) is 0 Å². The predicted molar refractivity (Wildman–Crippen MR) is 75.4 cm³/mol. The van der Waals surface area contributed by atoms with Gasteiger partial charge in [-0.05, 0) is 27.2 Å². The first-order chi connectivity index (χ1) is 8.30. The van der Waals surface area contributed by atoms with Crippen molar-refractivity contribution in [2.75, 3.05) is 12.4 Å². The minimum Gasteiger partial charge on any atom is -0.471 e. The first kappa shape index (κ1) is 14.7. The number of nitrogens with zero attached hydrogens (tertiary/aromatic N) is 2. The molecule has 0 bridgehead atoms. The summed E-state index contributed by atoms with van der Waals surface area (Å²) in [6.45, 7) is 12.4. The molecule has 1 heterocycles. The van der Waals surface area contributed by atoms with Crippen LogP contribution in [0.2, 0.25) is 0 Å². The summed E-state index contributed by atoms with van der Waals surface area (Å²) in [5.41, 5.74) is 0.752. The van der Waals surface area contributed by atoms with Gasteiger partial charge in [-0.3, -0.25) is 0 Å². The highest BCUT2D eigenvalue weighted by Crippen LogP contribution is 2.28. The molecular weight excluding hydrogens is 226 g/mol. The predicted octanol–water partition coefficient (Wildman–Crippen LogP) is 3.52. The van der Waals surface area contributed by atoms with Gasteiger partial charge in [0.15, 0.2) is 0 Å². The molecule has 0 saturated carbocycles. The average molecular weight is 251 g/mol. The van der Waals surface area contributed by atoms with Crippen LogP contribution in [-0.2, 0) is 0 Å². The SMILES string of the molecule is CCC(C)(C)Oc1nc(C(C)C)nc(NC)c1C. The molecule has 4 nitrogen and oxygen atoms in total. The van der Waals surface area contributed by atoms with Crippen LogP contribution in [0.25, 0.3) is 0 Å². The second-order valence-corrected chi connectivity index (χ2v) is 5.48. The van der Waals surface area contributed by atoms with Crippen molar-refractivity contribution in [2.45, 2.75) is 59.5 Å². The van der Waals surface area contributed by atoms with Crippen LogP contribution < -0.4 is 10.1 Å². The molecule has 1 rings (SSSR count). The lowest BCUT2D eigenvalue weighted by atomic mass is 10.1. The van der Waals surface area contributed by atoms with Crippen LogP contribution in [0, 0.1) is 6.92 Å². The van der Waals surface area contributed by atoms with E-state index < -0.39 is 0 Å². The Bertz CT molecular complexity index is 414. The van der Waals surface area contributed by atoms with Crippen molar-refractivity contribution < 1.29 is 4.74 Å². The van der Waals surface area contributed by atoms with Crippen LogP contribution in [0.15, 0.2) is 0 Å². The number of hydrogen-bond acceptors (Lipinski definition) is 4. The molecule has 0 atom stereocenters. The van der Waals surface area contributed by atoms with Gasteiger partial charge in [-0.1, -0.05) is 20.8 Å². The number of nitrogens with one attached hydrogen (secondary N) is 1. The summed E-state index contributed by atoms with van der Waals surface area (Å²) in [7, 11) is 1.87. The monoisotopic (exact) mass is 251 g/mol. The van der Waals surface area contributed by atoms with E-state index in [9.17, 15) is 0 Å². The van der Waals surface area contributed by atoms with Crippen LogP contribution in [-0.4, -0.2) is 22.6 Å². The third-order valence-electron chi connectivity index (χ3n) is 3.10. The molecule has 0 aliphatic heterocycles. The molecule has 0 aromatic carbocycles. The molecule has 0 unspecified atom stereocenters. The maximum Gasteiger partial charge on any atom is 0.222 e. The topological polar surface area (TPSA) is 47.0 Å². The van der Waals surface area contributed by atoms with E-state index in [0.717, 1.165) is 23.6 Å². The van der Waals surface area contributed by atoms with Gasteiger partial charge >= 0.3 is 0 Å². The quantitative estimate of drug-likeness (QED) is 0.869. The van der Waals surface area contributed by atoms with E-state index in [-0.39, 0.29) is 11.5 Å². The van der Waals surface area contributed by atoms with Crippen LogP contribution in [0.4, 0.5) is 5.82 Å². The Balaban J connectivity index is 3.21. The van der Waals surface area contributed by atoms with Gasteiger partial charge in [-0.15, -0.1) is 0 Å². The van der Waals surface area contributed by atoms with Crippen molar-refractivity contribution in [3.8, 4) is 5.88 Å². The van der Waals surface area contributed by atoms with E-state index in [0.29, 0.717) is 5.88 Å². The van der Waals surface area contributed by atoms with Crippen molar-refractivity contribution in [1.82, 2.24) is 9.97 Å². The molecule has 0 fully saturated rings. The molecule has 0 aliphatic rings. The zero-order valence-electron chi connectivity index (χ0n) is 12.6. The summed E-state index contributed by atoms with van der Waals surface area (Å²) in [6, 6.07) is 0. The van der Waals surface area contributed by atoms with E-state index in [4.69, 9.17) is 4.74 Å². The fraction of sp³-hybridized carbons (Fsp3) is 0.714. The molecule has 18 heavy (non-hydrogen) atoms. The normalized spacial score (nSPS) is 11.8. The Kier molecular flexibility index (Phi) is 4.54. The molecule has 0 saturated heterocycles. The second kappa shape index (κ2) is 5.55. The van der Waals surface area contributed by atoms with Gasteiger partial charge in [0.2, 0.25) is 5.88 Å². The lowest BCUT2D eigenvalue weighted by molar-refractivity contribution is 0.0974. The van der Waals surface area contributed by atoms with Crippen LogP contribution in [0.5, 0.6) is 5.88 Å². The van der Waals surface area contributed by atoms with Crippen molar-refractivity contribution in [2.24, 2.45) is 0 Å². The third kappa shape index (κ3) is 3.34. The molecule has 1 aromatic rings. The summed E-state index contributed by atoms with van der Waals surface area (Å²) in [6.07, 6.45) is 0.933. The molecule has 0 amide bonds. The zero-order chi connectivity index (χ0) is 13.9. The van der Waals surface area contributed by atoms with Crippen molar-refractivity contribution >= 4 is 5.82 Å². The summed E-state index contributed by atoms with van der Waals surface area (Å²) in [5, 5.41) is 3.10. The summed E-state index contributed by atoms with van der Waals surface area (Å²) >= 11 is 0. The average Bonchev–Trinajstić information content (AvgIpc) is 2.31. The molecule has 1 aromatic heterocycles. The Morgan fingerprint density at radius 3 is 2.33 bits per heavy atom. The Hall–Kier alpha value is -1.32. The Morgan fingerprint density at radius 2 is 1.89 bits per heavy atom. The van der Waals surface area contributed by atoms with Gasteiger partial charge in [0.25, 0.3) is 0 Å². The lowest BCUT2D eigenvalue weighted by Gasteiger charge is -2.26. The van der Waals surface area contributed by atoms with Crippen LogP contribution in [0.3, 0.4) is 0 Å². The third-order valence-corrected chi connectivity index (χ3v) is 3.10.